The van der Waals surface area contributed by atoms with Crippen LogP contribution in [0.25, 0.3) is 0 Å². The standard InChI is InChI=1S/C18H26N2O/c1-14(2)15(3)16(4)19-10-11-20(13-19)18(21)12-17-8-6-5-7-9-17/h5-9,14-15H,4,10-13H2,1-3H3. The Labute approximate surface area is 128 Å². The van der Waals surface area contributed by atoms with Gasteiger partial charge in [0.25, 0.3) is 0 Å². The molecule has 1 atom stereocenters. The third-order valence-corrected chi connectivity index (χ3v) is 4.46. The van der Waals surface area contributed by atoms with E-state index in [1.54, 1.807) is 0 Å². The number of carbonyl (C=O) groups excluding carboxylic acids is 1. The van der Waals surface area contributed by atoms with Gasteiger partial charge >= 0.3 is 0 Å². The van der Waals surface area contributed by atoms with Gasteiger partial charge in [-0.3, -0.25) is 4.79 Å². The van der Waals surface area contributed by atoms with Crippen molar-refractivity contribution in [3.63, 3.8) is 0 Å². The van der Waals surface area contributed by atoms with Crippen molar-refractivity contribution in [3.05, 3.63) is 48.2 Å². The average molecular weight is 286 g/mol. The highest BCUT2D eigenvalue weighted by molar-refractivity contribution is 5.79. The molecule has 1 saturated heterocycles. The Hall–Kier alpha value is -1.77. The maximum atomic E-state index is 12.4. The molecule has 1 aromatic carbocycles. The summed E-state index contributed by atoms with van der Waals surface area (Å²) in [6.45, 7) is 13.2. The zero-order valence-electron chi connectivity index (χ0n) is 13.4. The van der Waals surface area contributed by atoms with Gasteiger partial charge in [-0.25, -0.2) is 0 Å². The minimum absolute atomic E-state index is 0.203. The number of hydrogen-bond acceptors (Lipinski definition) is 2. The van der Waals surface area contributed by atoms with E-state index in [1.807, 2.05) is 35.2 Å². The minimum Gasteiger partial charge on any atom is -0.356 e. The Bertz CT molecular complexity index is 495. The highest BCUT2D eigenvalue weighted by atomic mass is 16.2. The van der Waals surface area contributed by atoms with E-state index in [0.717, 1.165) is 24.4 Å². The van der Waals surface area contributed by atoms with Crippen LogP contribution in [0, 0.1) is 11.8 Å². The second-order valence-electron chi connectivity index (χ2n) is 6.25. The van der Waals surface area contributed by atoms with E-state index in [4.69, 9.17) is 0 Å². The number of benzene rings is 1. The van der Waals surface area contributed by atoms with Crippen molar-refractivity contribution in [2.24, 2.45) is 11.8 Å². The fraction of sp³-hybridized carbons (Fsp3) is 0.500. The summed E-state index contributed by atoms with van der Waals surface area (Å²) < 4.78 is 0. The second-order valence-corrected chi connectivity index (χ2v) is 6.25. The highest BCUT2D eigenvalue weighted by Gasteiger charge is 2.27. The first-order chi connectivity index (χ1) is 9.99. The molecule has 0 spiro atoms. The molecule has 3 nitrogen and oxygen atoms in total. The van der Waals surface area contributed by atoms with Crippen LogP contribution in [0.4, 0.5) is 0 Å². The molecular formula is C18H26N2O. The summed E-state index contributed by atoms with van der Waals surface area (Å²) in [4.78, 5) is 16.5. The second kappa shape index (κ2) is 6.79. The topological polar surface area (TPSA) is 23.6 Å². The zero-order valence-corrected chi connectivity index (χ0v) is 13.4. The molecule has 0 aliphatic carbocycles. The van der Waals surface area contributed by atoms with Crippen LogP contribution in [-0.4, -0.2) is 35.5 Å². The first-order valence-corrected chi connectivity index (χ1v) is 7.74. The summed E-state index contributed by atoms with van der Waals surface area (Å²) in [5.41, 5.74) is 2.23. The normalized spacial score (nSPS) is 16.4. The number of hydrogen-bond donors (Lipinski definition) is 0. The third-order valence-electron chi connectivity index (χ3n) is 4.46. The maximum absolute atomic E-state index is 12.4. The van der Waals surface area contributed by atoms with Gasteiger partial charge in [-0.1, -0.05) is 57.7 Å². The quantitative estimate of drug-likeness (QED) is 0.830. The van der Waals surface area contributed by atoms with Crippen molar-refractivity contribution >= 4 is 5.91 Å². The van der Waals surface area contributed by atoms with Crippen molar-refractivity contribution in [1.82, 2.24) is 9.80 Å². The van der Waals surface area contributed by atoms with E-state index in [-0.39, 0.29) is 5.91 Å². The Morgan fingerprint density at radius 3 is 2.38 bits per heavy atom. The highest BCUT2D eigenvalue weighted by Crippen LogP contribution is 2.24. The third kappa shape index (κ3) is 3.87. The lowest BCUT2D eigenvalue weighted by atomic mass is 9.95. The summed E-state index contributed by atoms with van der Waals surface area (Å²) >= 11 is 0. The molecule has 2 rings (SSSR count). The Kier molecular flexibility index (Phi) is 5.05. The molecule has 1 unspecified atom stereocenters. The summed E-state index contributed by atoms with van der Waals surface area (Å²) in [6.07, 6.45) is 0.487. The predicted molar refractivity (Wildman–Crippen MR) is 86.6 cm³/mol. The van der Waals surface area contributed by atoms with Gasteiger partial charge in [0.2, 0.25) is 5.91 Å². The van der Waals surface area contributed by atoms with Gasteiger partial charge in [0.05, 0.1) is 13.1 Å². The van der Waals surface area contributed by atoms with Crippen molar-refractivity contribution in [3.8, 4) is 0 Å². The lowest BCUT2D eigenvalue weighted by Gasteiger charge is -2.28. The number of allylic oxidation sites excluding steroid dienone is 1. The molecule has 0 radical (unpaired) electrons. The van der Waals surface area contributed by atoms with Crippen molar-refractivity contribution < 1.29 is 4.79 Å². The van der Waals surface area contributed by atoms with E-state index in [9.17, 15) is 4.79 Å². The Balaban J connectivity index is 1.90. The van der Waals surface area contributed by atoms with E-state index in [2.05, 4.69) is 32.3 Å². The van der Waals surface area contributed by atoms with Crippen molar-refractivity contribution in [2.75, 3.05) is 19.8 Å². The average Bonchev–Trinajstić information content (AvgIpc) is 2.96. The molecular weight excluding hydrogens is 260 g/mol. The van der Waals surface area contributed by atoms with Crippen LogP contribution in [-0.2, 0) is 11.2 Å². The van der Waals surface area contributed by atoms with Crippen LogP contribution in [0.5, 0.6) is 0 Å². The molecule has 114 valence electrons. The van der Waals surface area contributed by atoms with Crippen LogP contribution in [0.15, 0.2) is 42.6 Å². The fourth-order valence-corrected chi connectivity index (χ4v) is 2.58. The number of rotatable bonds is 5. The Morgan fingerprint density at radius 1 is 1.14 bits per heavy atom. The molecule has 1 heterocycles. The minimum atomic E-state index is 0.203. The van der Waals surface area contributed by atoms with Crippen LogP contribution in [0.2, 0.25) is 0 Å². The predicted octanol–water partition coefficient (Wildman–Crippen LogP) is 3.14. The molecule has 0 saturated carbocycles. The van der Waals surface area contributed by atoms with Gasteiger partial charge in [0.15, 0.2) is 0 Å². The number of nitrogens with zero attached hydrogens (tertiary/aromatic N) is 2. The molecule has 1 amide bonds. The van der Waals surface area contributed by atoms with Crippen LogP contribution in [0.3, 0.4) is 0 Å². The van der Waals surface area contributed by atoms with E-state index < -0.39 is 0 Å². The summed E-state index contributed by atoms with van der Waals surface area (Å²) in [7, 11) is 0. The van der Waals surface area contributed by atoms with Gasteiger partial charge in [-0.15, -0.1) is 0 Å². The SMILES string of the molecule is C=C(C(C)C(C)C)N1CCN(C(=O)Cc2ccccc2)C1. The molecule has 0 N–H and O–H groups in total. The van der Waals surface area contributed by atoms with Crippen LogP contribution < -0.4 is 0 Å². The van der Waals surface area contributed by atoms with Gasteiger partial charge in [-0.2, -0.15) is 0 Å². The fourth-order valence-electron chi connectivity index (χ4n) is 2.58. The molecule has 21 heavy (non-hydrogen) atoms. The molecule has 1 aliphatic rings. The van der Waals surface area contributed by atoms with E-state index in [0.29, 0.717) is 24.9 Å². The zero-order chi connectivity index (χ0) is 15.4. The summed E-state index contributed by atoms with van der Waals surface area (Å²) in [5.74, 6) is 1.23. The van der Waals surface area contributed by atoms with Crippen LogP contribution >= 0.6 is 0 Å². The van der Waals surface area contributed by atoms with Gasteiger partial charge < -0.3 is 9.80 Å². The molecule has 1 fully saturated rings. The largest absolute Gasteiger partial charge is 0.356 e. The molecule has 1 aliphatic heterocycles. The first-order valence-electron chi connectivity index (χ1n) is 7.74. The lowest BCUT2D eigenvalue weighted by Crippen LogP contribution is -2.33. The summed E-state index contributed by atoms with van der Waals surface area (Å²) in [5, 5.41) is 0. The lowest BCUT2D eigenvalue weighted by molar-refractivity contribution is -0.129. The molecule has 0 bridgehead atoms. The smallest absolute Gasteiger partial charge is 0.228 e. The van der Waals surface area contributed by atoms with E-state index in [1.165, 1.54) is 0 Å². The number of amides is 1. The molecule has 0 aromatic heterocycles. The molecule has 3 heteroatoms. The summed E-state index contributed by atoms with van der Waals surface area (Å²) in [6, 6.07) is 9.94. The Morgan fingerprint density at radius 2 is 1.76 bits per heavy atom. The van der Waals surface area contributed by atoms with Crippen molar-refractivity contribution in [1.29, 1.82) is 0 Å². The van der Waals surface area contributed by atoms with E-state index >= 15 is 0 Å². The number of carbonyl (C=O) groups is 1. The maximum Gasteiger partial charge on any atom is 0.228 e. The first kappa shape index (κ1) is 15.6. The van der Waals surface area contributed by atoms with Gasteiger partial charge in [0, 0.05) is 18.8 Å². The molecule has 1 aromatic rings. The van der Waals surface area contributed by atoms with Crippen LogP contribution in [0.1, 0.15) is 26.3 Å². The monoisotopic (exact) mass is 286 g/mol. The van der Waals surface area contributed by atoms with Gasteiger partial charge in [0.1, 0.15) is 0 Å². The van der Waals surface area contributed by atoms with Crippen molar-refractivity contribution in [2.45, 2.75) is 27.2 Å². The van der Waals surface area contributed by atoms with Gasteiger partial charge in [-0.05, 0) is 17.4 Å².